The second-order valence-corrected chi connectivity index (χ2v) is 6.00. The molecular formula is C17H25NO2. The van der Waals surface area contributed by atoms with E-state index in [9.17, 15) is 0 Å². The third-order valence-electron chi connectivity index (χ3n) is 4.48. The van der Waals surface area contributed by atoms with Gasteiger partial charge < -0.3 is 14.8 Å². The van der Waals surface area contributed by atoms with E-state index in [2.05, 4.69) is 36.5 Å². The van der Waals surface area contributed by atoms with E-state index in [1.54, 1.807) is 7.11 Å². The van der Waals surface area contributed by atoms with Crippen LogP contribution in [0.4, 0.5) is 0 Å². The van der Waals surface area contributed by atoms with Crippen LogP contribution in [0.1, 0.15) is 44.2 Å². The Morgan fingerprint density at radius 2 is 1.90 bits per heavy atom. The number of methoxy groups -OCH3 is 1. The Morgan fingerprint density at radius 3 is 2.45 bits per heavy atom. The zero-order valence-corrected chi connectivity index (χ0v) is 12.5. The molecule has 110 valence electrons. The number of hydrogen-bond acceptors (Lipinski definition) is 3. The Hall–Kier alpha value is -1.06. The third-order valence-corrected chi connectivity index (χ3v) is 4.48. The second kappa shape index (κ2) is 6.15. The molecule has 20 heavy (non-hydrogen) atoms. The van der Waals surface area contributed by atoms with Gasteiger partial charge in [0.15, 0.2) is 0 Å². The molecule has 0 radical (unpaired) electrons. The summed E-state index contributed by atoms with van der Waals surface area (Å²) in [6.07, 6.45) is 5.50. The minimum Gasteiger partial charge on any atom is -0.497 e. The van der Waals surface area contributed by atoms with Crippen LogP contribution in [0, 0.1) is 5.92 Å². The van der Waals surface area contributed by atoms with Crippen LogP contribution >= 0.6 is 0 Å². The lowest BCUT2D eigenvalue weighted by Crippen LogP contribution is -2.47. The monoisotopic (exact) mass is 275 g/mol. The van der Waals surface area contributed by atoms with E-state index in [1.165, 1.54) is 18.4 Å². The van der Waals surface area contributed by atoms with Crippen LogP contribution in [0.25, 0.3) is 0 Å². The van der Waals surface area contributed by atoms with Gasteiger partial charge in [0.25, 0.3) is 0 Å². The van der Waals surface area contributed by atoms with Crippen LogP contribution in [0.2, 0.25) is 0 Å². The average Bonchev–Trinajstić information content (AvgIpc) is 3.26. The fourth-order valence-corrected chi connectivity index (χ4v) is 3.07. The lowest BCUT2D eigenvalue weighted by Gasteiger charge is -2.38. The fourth-order valence-electron chi connectivity index (χ4n) is 3.07. The van der Waals surface area contributed by atoms with Gasteiger partial charge in [0.1, 0.15) is 5.75 Å². The Bertz CT molecular complexity index is 421. The summed E-state index contributed by atoms with van der Waals surface area (Å²) in [5.41, 5.74) is 1.40. The molecule has 1 unspecified atom stereocenters. The van der Waals surface area contributed by atoms with Crippen molar-refractivity contribution in [2.24, 2.45) is 5.92 Å². The number of hydrogen-bond donors (Lipinski definition) is 1. The maximum absolute atomic E-state index is 5.65. The topological polar surface area (TPSA) is 30.5 Å². The highest BCUT2D eigenvalue weighted by atomic mass is 16.5. The molecule has 1 atom stereocenters. The van der Waals surface area contributed by atoms with Gasteiger partial charge in [0.2, 0.25) is 0 Å². The molecule has 2 aliphatic rings. The van der Waals surface area contributed by atoms with Gasteiger partial charge in [-0.15, -0.1) is 0 Å². The summed E-state index contributed by atoms with van der Waals surface area (Å²) < 4.78 is 10.9. The van der Waals surface area contributed by atoms with E-state index in [1.807, 2.05) is 0 Å². The molecule has 2 saturated carbocycles. The Balaban J connectivity index is 1.58. The Morgan fingerprint density at radius 1 is 1.20 bits per heavy atom. The summed E-state index contributed by atoms with van der Waals surface area (Å²) in [6, 6.07) is 9.67. The normalized spacial score (nSPS) is 26.9. The highest BCUT2D eigenvalue weighted by molar-refractivity contribution is 5.30. The molecule has 2 aliphatic carbocycles. The molecule has 3 heteroatoms. The molecule has 1 N–H and O–H groups in total. The molecule has 1 aromatic rings. The molecule has 0 aromatic heterocycles. The van der Waals surface area contributed by atoms with Crippen molar-refractivity contribution < 1.29 is 9.47 Å². The second-order valence-electron chi connectivity index (χ2n) is 6.00. The predicted octanol–water partition coefficient (Wildman–Crippen LogP) is 3.30. The number of nitrogens with one attached hydrogen (secondary N) is 1. The van der Waals surface area contributed by atoms with Crippen molar-refractivity contribution in [2.45, 2.75) is 50.8 Å². The van der Waals surface area contributed by atoms with Crippen molar-refractivity contribution >= 4 is 0 Å². The summed E-state index contributed by atoms with van der Waals surface area (Å²) in [6.45, 7) is 2.91. The number of ether oxygens (including phenoxy) is 2. The number of rotatable bonds is 7. The van der Waals surface area contributed by atoms with Gasteiger partial charge >= 0.3 is 0 Å². The summed E-state index contributed by atoms with van der Waals surface area (Å²) in [7, 11) is 1.72. The zero-order chi connectivity index (χ0) is 13.9. The molecule has 0 saturated heterocycles. The predicted molar refractivity (Wildman–Crippen MR) is 80.0 cm³/mol. The summed E-state index contributed by atoms with van der Waals surface area (Å²) in [5.74, 6) is 1.75. The average molecular weight is 275 g/mol. The first-order valence-electron chi connectivity index (χ1n) is 7.81. The molecule has 0 amide bonds. The molecule has 1 aromatic carbocycles. The van der Waals surface area contributed by atoms with Crippen LogP contribution in [0.5, 0.6) is 5.75 Å². The SMILES string of the molecule is CCOC1CC(NC(c2ccc(OC)cc2)C2CC2)C1. The van der Waals surface area contributed by atoms with Gasteiger partial charge in [-0.25, -0.2) is 0 Å². The van der Waals surface area contributed by atoms with E-state index < -0.39 is 0 Å². The molecular weight excluding hydrogens is 250 g/mol. The minimum absolute atomic E-state index is 0.480. The molecule has 0 spiro atoms. The summed E-state index contributed by atoms with van der Waals surface area (Å²) >= 11 is 0. The maximum Gasteiger partial charge on any atom is 0.118 e. The Kier molecular flexibility index (Phi) is 4.27. The summed E-state index contributed by atoms with van der Waals surface area (Å²) in [4.78, 5) is 0. The van der Waals surface area contributed by atoms with Crippen molar-refractivity contribution in [2.75, 3.05) is 13.7 Å². The van der Waals surface area contributed by atoms with Crippen molar-refractivity contribution in [3.05, 3.63) is 29.8 Å². The van der Waals surface area contributed by atoms with Gasteiger partial charge in [-0.3, -0.25) is 0 Å². The summed E-state index contributed by atoms with van der Waals surface area (Å²) in [5, 5.41) is 3.84. The highest BCUT2D eigenvalue weighted by Gasteiger charge is 2.37. The van der Waals surface area contributed by atoms with Gasteiger partial charge in [-0.1, -0.05) is 12.1 Å². The first-order chi connectivity index (χ1) is 9.80. The van der Waals surface area contributed by atoms with Crippen LogP contribution in [0.3, 0.4) is 0 Å². The first-order valence-corrected chi connectivity index (χ1v) is 7.81. The van der Waals surface area contributed by atoms with Crippen molar-refractivity contribution in [3.63, 3.8) is 0 Å². The van der Waals surface area contributed by atoms with Crippen molar-refractivity contribution in [3.8, 4) is 5.75 Å². The third kappa shape index (κ3) is 3.15. The smallest absolute Gasteiger partial charge is 0.118 e. The van der Waals surface area contributed by atoms with E-state index in [0.29, 0.717) is 18.2 Å². The maximum atomic E-state index is 5.65. The van der Waals surface area contributed by atoms with Gasteiger partial charge in [-0.2, -0.15) is 0 Å². The largest absolute Gasteiger partial charge is 0.497 e. The van der Waals surface area contributed by atoms with E-state index >= 15 is 0 Å². The lowest BCUT2D eigenvalue weighted by atomic mass is 9.87. The minimum atomic E-state index is 0.480. The van der Waals surface area contributed by atoms with Gasteiger partial charge in [0.05, 0.1) is 13.2 Å². The molecule has 0 aliphatic heterocycles. The standard InChI is InChI=1S/C17H25NO2/c1-3-20-16-10-14(11-16)18-17(12-4-5-12)13-6-8-15(19-2)9-7-13/h6-9,12,14,16-18H,3-5,10-11H2,1-2H3. The van der Waals surface area contributed by atoms with Crippen LogP contribution in [-0.4, -0.2) is 25.9 Å². The van der Waals surface area contributed by atoms with E-state index in [-0.39, 0.29) is 0 Å². The van der Waals surface area contributed by atoms with Gasteiger partial charge in [-0.05, 0) is 56.2 Å². The molecule has 0 bridgehead atoms. The van der Waals surface area contributed by atoms with E-state index in [0.717, 1.165) is 31.1 Å². The zero-order valence-electron chi connectivity index (χ0n) is 12.5. The van der Waals surface area contributed by atoms with Crippen LogP contribution in [-0.2, 0) is 4.74 Å². The molecule has 3 rings (SSSR count). The van der Waals surface area contributed by atoms with Crippen LogP contribution < -0.4 is 10.1 Å². The molecule has 2 fully saturated rings. The van der Waals surface area contributed by atoms with E-state index in [4.69, 9.17) is 9.47 Å². The Labute approximate surface area is 121 Å². The van der Waals surface area contributed by atoms with Crippen molar-refractivity contribution in [1.82, 2.24) is 5.32 Å². The molecule has 3 nitrogen and oxygen atoms in total. The van der Waals surface area contributed by atoms with Crippen molar-refractivity contribution in [1.29, 1.82) is 0 Å². The first kappa shape index (κ1) is 13.9. The fraction of sp³-hybridized carbons (Fsp3) is 0.647. The van der Waals surface area contributed by atoms with Crippen LogP contribution in [0.15, 0.2) is 24.3 Å². The molecule has 0 heterocycles. The number of benzene rings is 1. The lowest BCUT2D eigenvalue weighted by molar-refractivity contribution is -0.0131. The van der Waals surface area contributed by atoms with Gasteiger partial charge in [0, 0.05) is 18.7 Å². The highest BCUT2D eigenvalue weighted by Crippen LogP contribution is 2.42. The quantitative estimate of drug-likeness (QED) is 0.828.